The lowest BCUT2D eigenvalue weighted by Crippen LogP contribution is -2.12. The molecule has 136 valence electrons. The molecule has 7 nitrogen and oxygen atoms in total. The van der Waals surface area contributed by atoms with Gasteiger partial charge in [0.15, 0.2) is 5.82 Å². The molecule has 2 amide bonds. The van der Waals surface area contributed by atoms with Crippen LogP contribution in [-0.4, -0.2) is 21.6 Å². The maximum absolute atomic E-state index is 14.0. The Morgan fingerprint density at radius 1 is 1.22 bits per heavy atom. The van der Waals surface area contributed by atoms with Gasteiger partial charge in [0.2, 0.25) is 5.91 Å². The van der Waals surface area contributed by atoms with Crippen LogP contribution in [0.1, 0.15) is 10.4 Å². The van der Waals surface area contributed by atoms with Gasteiger partial charge in [-0.2, -0.15) is 5.10 Å². The average molecular weight is 365 g/mol. The standard InChI is InChI=1S/C19H16FN5O2/c1-2-17(26)23-12-4-3-5-13(9-12)25-10-15(18(21)24-25)11-6-7-14(19(22)27)16(20)8-11/h2-10H,1H2,(H2,21,24)(H2,22,27)(H,23,26). The van der Waals surface area contributed by atoms with Gasteiger partial charge in [0, 0.05) is 17.4 Å². The average Bonchev–Trinajstić information content (AvgIpc) is 3.03. The highest BCUT2D eigenvalue weighted by Crippen LogP contribution is 2.28. The number of primary amides is 1. The second-order valence-electron chi connectivity index (χ2n) is 5.68. The Balaban J connectivity index is 1.97. The van der Waals surface area contributed by atoms with Gasteiger partial charge in [0.25, 0.3) is 5.91 Å². The highest BCUT2D eigenvalue weighted by atomic mass is 19.1. The van der Waals surface area contributed by atoms with Crippen LogP contribution in [0.25, 0.3) is 16.8 Å². The van der Waals surface area contributed by atoms with E-state index in [2.05, 4.69) is 17.0 Å². The van der Waals surface area contributed by atoms with E-state index in [1.807, 2.05) is 0 Å². The van der Waals surface area contributed by atoms with Crippen LogP contribution in [-0.2, 0) is 4.79 Å². The highest BCUT2D eigenvalue weighted by Gasteiger charge is 2.14. The lowest BCUT2D eigenvalue weighted by Gasteiger charge is -2.05. The molecule has 8 heteroatoms. The molecule has 0 saturated carbocycles. The van der Waals surface area contributed by atoms with Gasteiger partial charge in [-0.15, -0.1) is 0 Å². The van der Waals surface area contributed by atoms with Crippen LogP contribution in [0.5, 0.6) is 0 Å². The number of nitrogens with two attached hydrogens (primary N) is 2. The van der Waals surface area contributed by atoms with E-state index in [4.69, 9.17) is 11.5 Å². The first-order valence-electron chi connectivity index (χ1n) is 7.87. The number of nitrogens with zero attached hydrogens (tertiary/aromatic N) is 2. The van der Waals surface area contributed by atoms with E-state index in [0.717, 1.165) is 0 Å². The van der Waals surface area contributed by atoms with E-state index < -0.39 is 11.7 Å². The number of benzene rings is 2. The minimum atomic E-state index is -0.846. The lowest BCUT2D eigenvalue weighted by molar-refractivity contribution is -0.111. The van der Waals surface area contributed by atoms with Gasteiger partial charge < -0.3 is 16.8 Å². The molecule has 27 heavy (non-hydrogen) atoms. The number of nitrogens with one attached hydrogen (secondary N) is 1. The molecule has 0 spiro atoms. The quantitative estimate of drug-likeness (QED) is 0.602. The second kappa shape index (κ2) is 7.12. The van der Waals surface area contributed by atoms with Gasteiger partial charge in [-0.3, -0.25) is 9.59 Å². The molecule has 0 unspecified atom stereocenters. The van der Waals surface area contributed by atoms with Crippen LogP contribution >= 0.6 is 0 Å². The summed E-state index contributed by atoms with van der Waals surface area (Å²) in [5, 5.41) is 6.89. The second-order valence-corrected chi connectivity index (χ2v) is 5.68. The molecule has 0 bridgehead atoms. The molecule has 0 atom stereocenters. The van der Waals surface area contributed by atoms with E-state index in [1.165, 1.54) is 22.9 Å². The van der Waals surface area contributed by atoms with E-state index in [0.29, 0.717) is 22.5 Å². The maximum Gasteiger partial charge on any atom is 0.251 e. The molecule has 0 saturated heterocycles. The molecule has 1 aromatic heterocycles. The summed E-state index contributed by atoms with van der Waals surface area (Å²) in [7, 11) is 0. The van der Waals surface area contributed by atoms with Gasteiger partial charge in [-0.1, -0.05) is 18.7 Å². The van der Waals surface area contributed by atoms with Crippen LogP contribution in [0.3, 0.4) is 0 Å². The first-order chi connectivity index (χ1) is 12.9. The fourth-order valence-electron chi connectivity index (χ4n) is 2.54. The summed E-state index contributed by atoms with van der Waals surface area (Å²) < 4.78 is 15.5. The van der Waals surface area contributed by atoms with E-state index in [9.17, 15) is 14.0 Å². The van der Waals surface area contributed by atoms with Crippen molar-refractivity contribution in [3.05, 3.63) is 72.7 Å². The van der Waals surface area contributed by atoms with Crippen molar-refractivity contribution >= 4 is 23.3 Å². The predicted octanol–water partition coefficient (Wildman–Crippen LogP) is 2.48. The summed E-state index contributed by atoms with van der Waals surface area (Å²) in [5.41, 5.74) is 13.0. The van der Waals surface area contributed by atoms with Crippen molar-refractivity contribution in [2.24, 2.45) is 5.73 Å². The molecule has 0 fully saturated rings. The van der Waals surface area contributed by atoms with Crippen molar-refractivity contribution in [2.75, 3.05) is 11.1 Å². The number of carbonyl (C=O) groups excluding carboxylic acids is 2. The fraction of sp³-hybridized carbons (Fsp3) is 0. The number of rotatable bonds is 5. The lowest BCUT2D eigenvalue weighted by atomic mass is 10.1. The summed E-state index contributed by atoms with van der Waals surface area (Å²) in [6, 6.07) is 11.0. The van der Waals surface area contributed by atoms with Crippen LogP contribution in [0.15, 0.2) is 61.3 Å². The smallest absolute Gasteiger partial charge is 0.251 e. The summed E-state index contributed by atoms with van der Waals surface area (Å²) in [5.74, 6) is -1.73. The Labute approximate surface area is 154 Å². The highest BCUT2D eigenvalue weighted by molar-refractivity contribution is 5.99. The molecular formula is C19H16FN5O2. The number of carbonyl (C=O) groups is 2. The maximum atomic E-state index is 14.0. The minimum absolute atomic E-state index is 0.182. The first kappa shape index (κ1) is 17.9. The van der Waals surface area contributed by atoms with E-state index in [-0.39, 0.29) is 17.3 Å². The van der Waals surface area contributed by atoms with Gasteiger partial charge in [0.05, 0.1) is 11.3 Å². The van der Waals surface area contributed by atoms with Crippen molar-refractivity contribution in [3.63, 3.8) is 0 Å². The van der Waals surface area contributed by atoms with Gasteiger partial charge >= 0.3 is 0 Å². The van der Waals surface area contributed by atoms with Gasteiger partial charge in [-0.25, -0.2) is 9.07 Å². The molecule has 5 N–H and O–H groups in total. The Kier molecular flexibility index (Phi) is 4.71. The zero-order chi connectivity index (χ0) is 19.6. The number of aromatic nitrogens is 2. The number of anilines is 2. The molecular weight excluding hydrogens is 349 g/mol. The molecule has 0 radical (unpaired) electrons. The Hall–Kier alpha value is -3.94. The number of hydrogen-bond donors (Lipinski definition) is 3. The normalized spacial score (nSPS) is 10.4. The zero-order valence-corrected chi connectivity index (χ0v) is 14.1. The summed E-state index contributed by atoms with van der Waals surface area (Å²) in [6.07, 6.45) is 2.80. The van der Waals surface area contributed by atoms with Crippen molar-refractivity contribution in [3.8, 4) is 16.8 Å². The van der Waals surface area contributed by atoms with Crippen molar-refractivity contribution in [2.45, 2.75) is 0 Å². The largest absolute Gasteiger partial charge is 0.382 e. The molecule has 3 rings (SSSR count). The first-order valence-corrected chi connectivity index (χ1v) is 7.87. The van der Waals surface area contributed by atoms with Gasteiger partial charge in [-0.05, 0) is 42.0 Å². The SMILES string of the molecule is C=CC(=O)Nc1cccc(-n2cc(-c3ccc(C(N)=O)c(F)c3)c(N)n2)c1. The van der Waals surface area contributed by atoms with Crippen molar-refractivity contribution in [1.82, 2.24) is 9.78 Å². The van der Waals surface area contributed by atoms with Crippen molar-refractivity contribution < 1.29 is 14.0 Å². The molecule has 3 aromatic rings. The molecule has 1 heterocycles. The zero-order valence-electron chi connectivity index (χ0n) is 14.1. The molecule has 0 aliphatic carbocycles. The predicted molar refractivity (Wildman–Crippen MR) is 101 cm³/mol. The van der Waals surface area contributed by atoms with Crippen molar-refractivity contribution in [1.29, 1.82) is 0 Å². The number of hydrogen-bond acceptors (Lipinski definition) is 4. The topological polar surface area (TPSA) is 116 Å². The number of halogens is 1. The summed E-state index contributed by atoms with van der Waals surface area (Å²) in [4.78, 5) is 22.6. The van der Waals surface area contributed by atoms with Crippen LogP contribution < -0.4 is 16.8 Å². The van der Waals surface area contributed by atoms with Crippen LogP contribution in [0, 0.1) is 5.82 Å². The third kappa shape index (κ3) is 3.69. The number of amides is 2. The van der Waals surface area contributed by atoms with E-state index in [1.54, 1.807) is 36.5 Å². The van der Waals surface area contributed by atoms with Crippen LogP contribution in [0.2, 0.25) is 0 Å². The Bertz CT molecular complexity index is 1060. The minimum Gasteiger partial charge on any atom is -0.382 e. The summed E-state index contributed by atoms with van der Waals surface area (Å²) >= 11 is 0. The summed E-state index contributed by atoms with van der Waals surface area (Å²) in [6.45, 7) is 3.40. The molecule has 0 aliphatic rings. The number of nitrogen functional groups attached to an aromatic ring is 1. The third-order valence-corrected chi connectivity index (χ3v) is 3.85. The Morgan fingerprint density at radius 3 is 2.67 bits per heavy atom. The van der Waals surface area contributed by atoms with Crippen LogP contribution in [0.4, 0.5) is 15.9 Å². The molecule has 0 aliphatic heterocycles. The van der Waals surface area contributed by atoms with Gasteiger partial charge in [0.1, 0.15) is 5.82 Å². The fourth-order valence-corrected chi connectivity index (χ4v) is 2.54. The third-order valence-electron chi connectivity index (χ3n) is 3.85. The monoisotopic (exact) mass is 365 g/mol. The van der Waals surface area contributed by atoms with E-state index >= 15 is 0 Å². The molecule has 2 aromatic carbocycles. The Morgan fingerprint density at radius 2 is 2.00 bits per heavy atom.